The molecule has 0 aromatic heterocycles. The SMILES string of the molecule is CCSC1=C(C(N)=O)C(=O)CC(/C=C/c2ccccc2)S1. The monoisotopic (exact) mass is 319 g/mol. The number of hydrogen-bond acceptors (Lipinski definition) is 4. The van der Waals surface area contributed by atoms with Crippen molar-refractivity contribution in [2.24, 2.45) is 5.73 Å². The first-order valence-corrected chi connectivity index (χ1v) is 8.58. The Morgan fingerprint density at radius 3 is 2.76 bits per heavy atom. The number of hydrogen-bond donors (Lipinski definition) is 1. The number of carbonyl (C=O) groups excluding carboxylic acids is 2. The lowest BCUT2D eigenvalue weighted by molar-refractivity contribution is -0.120. The van der Waals surface area contributed by atoms with Crippen molar-refractivity contribution in [3.05, 3.63) is 51.8 Å². The molecule has 1 amide bonds. The zero-order valence-electron chi connectivity index (χ0n) is 11.7. The van der Waals surface area contributed by atoms with Crippen LogP contribution < -0.4 is 5.73 Å². The molecule has 21 heavy (non-hydrogen) atoms. The Hall–Kier alpha value is -1.46. The van der Waals surface area contributed by atoms with Gasteiger partial charge in [-0.1, -0.05) is 49.4 Å². The Bertz CT molecular complexity index is 594. The molecule has 0 saturated heterocycles. The van der Waals surface area contributed by atoms with E-state index in [9.17, 15) is 9.59 Å². The highest BCUT2D eigenvalue weighted by molar-refractivity contribution is 8.22. The van der Waals surface area contributed by atoms with Gasteiger partial charge in [0.05, 0.1) is 4.24 Å². The molecule has 0 fully saturated rings. The Kier molecular flexibility index (Phi) is 5.70. The quantitative estimate of drug-likeness (QED) is 0.847. The van der Waals surface area contributed by atoms with Crippen molar-refractivity contribution in [2.45, 2.75) is 18.6 Å². The van der Waals surface area contributed by atoms with E-state index in [1.807, 2.05) is 49.4 Å². The normalized spacial score (nSPS) is 19.3. The number of Topliss-reactive ketones (excluding diaryl/α,β-unsaturated/α-hetero) is 1. The molecule has 1 aliphatic heterocycles. The van der Waals surface area contributed by atoms with Crippen molar-refractivity contribution >= 4 is 41.3 Å². The maximum absolute atomic E-state index is 12.1. The van der Waals surface area contributed by atoms with Crippen LogP contribution in [-0.2, 0) is 9.59 Å². The van der Waals surface area contributed by atoms with Crippen molar-refractivity contribution in [1.82, 2.24) is 0 Å². The Morgan fingerprint density at radius 1 is 1.43 bits per heavy atom. The van der Waals surface area contributed by atoms with Crippen molar-refractivity contribution in [3.63, 3.8) is 0 Å². The summed E-state index contributed by atoms with van der Waals surface area (Å²) in [6.45, 7) is 1.99. The second-order valence-corrected chi connectivity index (χ2v) is 7.30. The van der Waals surface area contributed by atoms with Gasteiger partial charge >= 0.3 is 0 Å². The van der Waals surface area contributed by atoms with Crippen LogP contribution >= 0.6 is 23.5 Å². The van der Waals surface area contributed by atoms with Crippen LogP contribution in [0.15, 0.2) is 46.2 Å². The first kappa shape index (κ1) is 15.9. The average Bonchev–Trinajstić information content (AvgIpc) is 2.46. The summed E-state index contributed by atoms with van der Waals surface area (Å²) in [7, 11) is 0. The summed E-state index contributed by atoms with van der Waals surface area (Å²) in [5.41, 5.74) is 6.60. The summed E-state index contributed by atoms with van der Waals surface area (Å²) in [6.07, 6.45) is 4.35. The Balaban J connectivity index is 2.17. The van der Waals surface area contributed by atoms with Crippen LogP contribution in [0, 0.1) is 0 Å². The topological polar surface area (TPSA) is 60.2 Å². The summed E-state index contributed by atoms with van der Waals surface area (Å²) in [4.78, 5) is 23.6. The number of thioether (sulfide) groups is 2. The lowest BCUT2D eigenvalue weighted by atomic mass is 10.1. The molecule has 0 aliphatic carbocycles. The second-order valence-electron chi connectivity index (χ2n) is 4.51. The highest BCUT2D eigenvalue weighted by Gasteiger charge is 2.30. The van der Waals surface area contributed by atoms with E-state index in [2.05, 4.69) is 0 Å². The zero-order chi connectivity index (χ0) is 15.2. The van der Waals surface area contributed by atoms with Crippen molar-refractivity contribution in [1.29, 1.82) is 0 Å². The van der Waals surface area contributed by atoms with E-state index in [0.717, 1.165) is 15.6 Å². The van der Waals surface area contributed by atoms with Crippen LogP contribution in [0.4, 0.5) is 0 Å². The number of primary amides is 1. The van der Waals surface area contributed by atoms with Gasteiger partial charge in [0.2, 0.25) is 0 Å². The van der Waals surface area contributed by atoms with Crippen molar-refractivity contribution in [2.75, 3.05) is 5.75 Å². The largest absolute Gasteiger partial charge is 0.365 e. The summed E-state index contributed by atoms with van der Waals surface area (Å²) >= 11 is 3.05. The van der Waals surface area contributed by atoms with Gasteiger partial charge in [0.15, 0.2) is 5.78 Å². The fraction of sp³-hybridized carbons (Fsp3) is 0.250. The number of rotatable bonds is 5. The summed E-state index contributed by atoms with van der Waals surface area (Å²) < 4.78 is 0.754. The third-order valence-electron chi connectivity index (χ3n) is 2.95. The molecule has 3 nitrogen and oxygen atoms in total. The van der Waals surface area contributed by atoms with Crippen molar-refractivity contribution < 1.29 is 9.59 Å². The van der Waals surface area contributed by atoms with E-state index >= 15 is 0 Å². The molecule has 1 aliphatic rings. The van der Waals surface area contributed by atoms with Gasteiger partial charge in [-0.2, -0.15) is 0 Å². The van der Waals surface area contributed by atoms with Crippen LogP contribution in [-0.4, -0.2) is 22.7 Å². The average molecular weight is 319 g/mol. The zero-order valence-corrected chi connectivity index (χ0v) is 13.4. The van der Waals surface area contributed by atoms with Gasteiger partial charge in [0.1, 0.15) is 5.57 Å². The molecule has 0 radical (unpaired) electrons. The number of ketones is 1. The number of nitrogens with two attached hydrogens (primary N) is 1. The number of benzene rings is 1. The molecule has 1 unspecified atom stereocenters. The van der Waals surface area contributed by atoms with E-state index < -0.39 is 5.91 Å². The smallest absolute Gasteiger partial charge is 0.254 e. The molecule has 2 rings (SSSR count). The Labute approximate surface area is 133 Å². The summed E-state index contributed by atoms with van der Waals surface area (Å²) in [5.74, 6) is 0.0375. The predicted molar refractivity (Wildman–Crippen MR) is 90.8 cm³/mol. The maximum atomic E-state index is 12.1. The van der Waals surface area contributed by atoms with E-state index in [-0.39, 0.29) is 16.6 Å². The van der Waals surface area contributed by atoms with E-state index in [0.29, 0.717) is 6.42 Å². The molecule has 2 N–H and O–H groups in total. The molecule has 0 bridgehead atoms. The van der Waals surface area contributed by atoms with Gasteiger partial charge in [0, 0.05) is 11.7 Å². The van der Waals surface area contributed by atoms with E-state index in [1.165, 1.54) is 11.8 Å². The third kappa shape index (κ3) is 4.25. The van der Waals surface area contributed by atoms with E-state index in [4.69, 9.17) is 5.73 Å². The van der Waals surface area contributed by atoms with Gasteiger partial charge in [-0.25, -0.2) is 0 Å². The van der Waals surface area contributed by atoms with Crippen LogP contribution in [0.5, 0.6) is 0 Å². The van der Waals surface area contributed by atoms with Crippen LogP contribution in [0.1, 0.15) is 18.9 Å². The third-order valence-corrected chi connectivity index (χ3v) is 5.39. The minimum absolute atomic E-state index is 0.0508. The van der Waals surface area contributed by atoms with Crippen molar-refractivity contribution in [3.8, 4) is 0 Å². The summed E-state index contributed by atoms with van der Waals surface area (Å²) in [5, 5.41) is 0.0508. The molecular weight excluding hydrogens is 302 g/mol. The molecule has 0 spiro atoms. The molecule has 1 aromatic carbocycles. The number of carbonyl (C=O) groups is 2. The van der Waals surface area contributed by atoms with E-state index in [1.54, 1.807) is 11.8 Å². The summed E-state index contributed by atoms with van der Waals surface area (Å²) in [6, 6.07) is 9.94. The van der Waals surface area contributed by atoms with Crippen LogP contribution in [0.2, 0.25) is 0 Å². The molecule has 1 aromatic rings. The second kappa shape index (κ2) is 7.52. The standard InChI is InChI=1S/C16H17NO2S2/c1-2-20-16-14(15(17)19)13(18)10-12(21-16)9-8-11-6-4-3-5-7-11/h3-9,12H,2,10H2,1H3,(H2,17,19)/b9-8+. The fourth-order valence-electron chi connectivity index (χ4n) is 2.00. The van der Waals surface area contributed by atoms with Crippen LogP contribution in [0.25, 0.3) is 6.08 Å². The van der Waals surface area contributed by atoms with Gasteiger partial charge in [0.25, 0.3) is 5.91 Å². The lowest BCUT2D eigenvalue weighted by Crippen LogP contribution is -2.27. The maximum Gasteiger partial charge on any atom is 0.254 e. The van der Waals surface area contributed by atoms with Gasteiger partial charge in [-0.3, -0.25) is 9.59 Å². The molecule has 5 heteroatoms. The molecule has 0 saturated carbocycles. The highest BCUT2D eigenvalue weighted by Crippen LogP contribution is 2.41. The van der Waals surface area contributed by atoms with Gasteiger partial charge in [-0.05, 0) is 11.3 Å². The first-order chi connectivity index (χ1) is 10.1. The molecule has 1 heterocycles. The van der Waals surface area contributed by atoms with Gasteiger partial charge in [-0.15, -0.1) is 23.5 Å². The van der Waals surface area contributed by atoms with Crippen LogP contribution in [0.3, 0.4) is 0 Å². The molecule has 110 valence electrons. The predicted octanol–water partition coefficient (Wildman–Crippen LogP) is 3.22. The lowest BCUT2D eigenvalue weighted by Gasteiger charge is -2.21. The minimum atomic E-state index is -0.617. The molecular formula is C16H17NO2S2. The van der Waals surface area contributed by atoms with Gasteiger partial charge < -0.3 is 5.73 Å². The fourth-order valence-corrected chi connectivity index (χ4v) is 4.62. The number of amides is 1. The highest BCUT2D eigenvalue weighted by atomic mass is 32.2. The first-order valence-electron chi connectivity index (χ1n) is 6.71. The Morgan fingerprint density at radius 2 is 2.14 bits per heavy atom. The molecule has 1 atom stereocenters. The minimum Gasteiger partial charge on any atom is -0.365 e.